The predicted octanol–water partition coefficient (Wildman–Crippen LogP) is 0.775. The minimum atomic E-state index is -0.613. The molecule has 0 unspecified atom stereocenters. The van der Waals surface area contributed by atoms with Crippen LogP contribution in [0.4, 0.5) is 0 Å². The first kappa shape index (κ1) is 8.97. The lowest BCUT2D eigenvalue weighted by atomic mass is 10.2. The standard InChI is InChI=1S/C11H14N2O/c12-11(14)9-13-8-4-7-10-5-2-1-3-6-10/h1-7,13H,8-9H2,(H2,12,14)/b7-4+/i8D/t8-/m1/s1. The highest BCUT2D eigenvalue weighted by molar-refractivity contribution is 5.75. The van der Waals surface area contributed by atoms with Crippen LogP contribution in [0.25, 0.3) is 6.08 Å². The fraction of sp³-hybridized carbons (Fsp3) is 0.182. The number of primary amides is 1. The Morgan fingerprint density at radius 2 is 2.21 bits per heavy atom. The molecule has 74 valence electrons. The number of rotatable bonds is 5. The summed E-state index contributed by atoms with van der Waals surface area (Å²) in [5.41, 5.74) is 5.96. The molecule has 0 aliphatic carbocycles. The van der Waals surface area contributed by atoms with Crippen molar-refractivity contribution in [2.45, 2.75) is 0 Å². The highest BCUT2D eigenvalue weighted by atomic mass is 16.1. The van der Waals surface area contributed by atoms with Gasteiger partial charge in [0.25, 0.3) is 0 Å². The van der Waals surface area contributed by atoms with Gasteiger partial charge in [0.2, 0.25) is 5.91 Å². The van der Waals surface area contributed by atoms with Gasteiger partial charge >= 0.3 is 0 Å². The number of benzene rings is 1. The molecule has 3 N–H and O–H groups in total. The zero-order chi connectivity index (χ0) is 11.1. The van der Waals surface area contributed by atoms with Crippen molar-refractivity contribution >= 4 is 12.0 Å². The number of hydrogen-bond donors (Lipinski definition) is 2. The smallest absolute Gasteiger partial charge is 0.231 e. The summed E-state index contributed by atoms with van der Waals surface area (Å²) in [6.07, 6.45) is 3.49. The SMILES string of the molecule is [2H][C@H](/C=C/c1ccccc1)NCC(N)=O. The van der Waals surface area contributed by atoms with Gasteiger partial charge in [-0.05, 0) is 5.56 Å². The van der Waals surface area contributed by atoms with Crippen LogP contribution < -0.4 is 11.1 Å². The number of carbonyl (C=O) groups is 1. The molecule has 3 nitrogen and oxygen atoms in total. The zero-order valence-corrected chi connectivity index (χ0v) is 7.81. The predicted molar refractivity (Wildman–Crippen MR) is 57.5 cm³/mol. The van der Waals surface area contributed by atoms with Crippen LogP contribution in [0.2, 0.25) is 0 Å². The first-order chi connectivity index (χ1) is 7.18. The number of nitrogens with two attached hydrogens (primary N) is 1. The summed E-state index contributed by atoms with van der Waals surface area (Å²) in [7, 11) is 0. The van der Waals surface area contributed by atoms with E-state index in [9.17, 15) is 4.79 Å². The van der Waals surface area contributed by atoms with Crippen LogP contribution in [0.5, 0.6) is 0 Å². The van der Waals surface area contributed by atoms with E-state index in [1.54, 1.807) is 6.08 Å². The molecule has 1 aromatic rings. The van der Waals surface area contributed by atoms with Crippen LogP contribution in [-0.2, 0) is 4.79 Å². The second-order valence-electron chi connectivity index (χ2n) is 2.78. The molecule has 0 spiro atoms. The summed E-state index contributed by atoms with van der Waals surface area (Å²) in [5.74, 6) is -0.458. The van der Waals surface area contributed by atoms with Gasteiger partial charge in [0, 0.05) is 7.89 Å². The normalized spacial score (nSPS) is 13.9. The molecule has 0 fully saturated rings. The Balaban J connectivity index is 2.41. The topological polar surface area (TPSA) is 55.1 Å². The zero-order valence-electron chi connectivity index (χ0n) is 8.81. The Bertz CT molecular complexity index is 338. The van der Waals surface area contributed by atoms with E-state index in [1.807, 2.05) is 36.4 Å². The molecule has 0 aromatic heterocycles. The Morgan fingerprint density at radius 3 is 2.86 bits per heavy atom. The third kappa shape index (κ3) is 4.42. The molecule has 1 atom stereocenters. The molecule has 14 heavy (non-hydrogen) atoms. The van der Waals surface area contributed by atoms with E-state index in [1.165, 1.54) is 0 Å². The lowest BCUT2D eigenvalue weighted by molar-refractivity contribution is -0.117. The highest BCUT2D eigenvalue weighted by Gasteiger charge is 1.88. The van der Waals surface area contributed by atoms with Crippen molar-refractivity contribution in [3.63, 3.8) is 0 Å². The van der Waals surface area contributed by atoms with E-state index >= 15 is 0 Å². The van der Waals surface area contributed by atoms with E-state index < -0.39 is 12.4 Å². The Labute approximate surface area is 85.0 Å². The van der Waals surface area contributed by atoms with Gasteiger partial charge in [-0.2, -0.15) is 0 Å². The van der Waals surface area contributed by atoms with Gasteiger partial charge in [0.1, 0.15) is 0 Å². The van der Waals surface area contributed by atoms with Gasteiger partial charge in [-0.1, -0.05) is 42.5 Å². The van der Waals surface area contributed by atoms with Crippen molar-refractivity contribution in [3.05, 3.63) is 42.0 Å². The third-order valence-corrected chi connectivity index (χ3v) is 1.58. The monoisotopic (exact) mass is 191 g/mol. The molecule has 0 heterocycles. The van der Waals surface area contributed by atoms with Gasteiger partial charge in [0.05, 0.1) is 6.54 Å². The van der Waals surface area contributed by atoms with Crippen molar-refractivity contribution in [1.29, 1.82) is 0 Å². The summed E-state index contributed by atoms with van der Waals surface area (Å²) < 4.78 is 7.51. The van der Waals surface area contributed by atoms with Crippen LogP contribution in [0.3, 0.4) is 0 Å². The molecule has 0 aliphatic rings. The molecule has 1 aromatic carbocycles. The van der Waals surface area contributed by atoms with E-state index in [4.69, 9.17) is 7.10 Å². The molecule has 0 saturated heterocycles. The second kappa shape index (κ2) is 5.94. The van der Waals surface area contributed by atoms with Crippen molar-refractivity contribution < 1.29 is 6.17 Å². The molecule has 1 rings (SSSR count). The second-order valence-corrected chi connectivity index (χ2v) is 2.78. The van der Waals surface area contributed by atoms with Crippen molar-refractivity contribution in [2.24, 2.45) is 5.73 Å². The molecule has 0 saturated carbocycles. The number of hydrogen-bond acceptors (Lipinski definition) is 2. The maximum atomic E-state index is 10.4. The van der Waals surface area contributed by atoms with E-state index in [2.05, 4.69) is 5.32 Å². The minimum Gasteiger partial charge on any atom is -0.369 e. The molecule has 0 radical (unpaired) electrons. The van der Waals surface area contributed by atoms with E-state index in [0.717, 1.165) is 5.56 Å². The maximum absolute atomic E-state index is 10.4. The Morgan fingerprint density at radius 1 is 1.50 bits per heavy atom. The minimum absolute atomic E-state index is 0.0211. The van der Waals surface area contributed by atoms with Gasteiger partial charge in [-0.25, -0.2) is 0 Å². The molecular weight excluding hydrogens is 176 g/mol. The molecule has 3 heteroatoms. The average molecular weight is 191 g/mol. The average Bonchev–Trinajstić information content (AvgIpc) is 2.25. The van der Waals surface area contributed by atoms with Gasteiger partial charge < -0.3 is 11.1 Å². The third-order valence-electron chi connectivity index (χ3n) is 1.58. The van der Waals surface area contributed by atoms with Crippen molar-refractivity contribution in [2.75, 3.05) is 13.1 Å². The molecule has 0 bridgehead atoms. The van der Waals surface area contributed by atoms with E-state index in [-0.39, 0.29) is 6.54 Å². The fourth-order valence-electron chi connectivity index (χ4n) is 0.951. The van der Waals surface area contributed by atoms with Gasteiger partial charge in [-0.15, -0.1) is 0 Å². The van der Waals surface area contributed by atoms with Crippen LogP contribution in [0.1, 0.15) is 6.93 Å². The van der Waals surface area contributed by atoms with Gasteiger partial charge in [-0.3, -0.25) is 4.79 Å². The summed E-state index contributed by atoms with van der Waals surface area (Å²) in [6.45, 7) is -0.592. The fourth-order valence-corrected chi connectivity index (χ4v) is 0.951. The van der Waals surface area contributed by atoms with Crippen LogP contribution >= 0.6 is 0 Å². The van der Waals surface area contributed by atoms with Crippen LogP contribution in [0.15, 0.2) is 36.4 Å². The first-order valence-corrected chi connectivity index (χ1v) is 4.35. The molecular formula is C11H14N2O. The summed E-state index contributed by atoms with van der Waals surface area (Å²) in [6, 6.07) is 9.67. The lowest BCUT2D eigenvalue weighted by Crippen LogP contribution is -2.28. The van der Waals surface area contributed by atoms with E-state index in [0.29, 0.717) is 0 Å². The van der Waals surface area contributed by atoms with Crippen LogP contribution in [-0.4, -0.2) is 19.0 Å². The summed E-state index contributed by atoms with van der Waals surface area (Å²) in [5, 5.41) is 2.66. The number of nitrogens with one attached hydrogen (secondary N) is 1. The molecule has 0 aliphatic heterocycles. The Kier molecular flexibility index (Phi) is 3.80. The highest BCUT2D eigenvalue weighted by Crippen LogP contribution is 1.99. The first-order valence-electron chi connectivity index (χ1n) is 4.93. The quantitative estimate of drug-likeness (QED) is 0.722. The number of amides is 1. The molecule has 1 amide bonds. The summed E-state index contributed by atoms with van der Waals surface area (Å²) >= 11 is 0. The lowest BCUT2D eigenvalue weighted by Gasteiger charge is -1.95. The largest absolute Gasteiger partial charge is 0.369 e. The summed E-state index contributed by atoms with van der Waals surface area (Å²) in [4.78, 5) is 10.4. The number of carbonyl (C=O) groups excluding carboxylic acids is 1. The Hall–Kier alpha value is -1.61. The van der Waals surface area contributed by atoms with Gasteiger partial charge in [0.15, 0.2) is 0 Å². The maximum Gasteiger partial charge on any atom is 0.231 e. The van der Waals surface area contributed by atoms with Crippen LogP contribution in [0, 0.1) is 0 Å². The van der Waals surface area contributed by atoms with Crippen molar-refractivity contribution in [1.82, 2.24) is 5.32 Å². The van der Waals surface area contributed by atoms with Crippen molar-refractivity contribution in [3.8, 4) is 0 Å².